The van der Waals surface area contributed by atoms with Crippen molar-refractivity contribution in [1.82, 2.24) is 0 Å². The fourth-order valence-electron chi connectivity index (χ4n) is 3.30. The van der Waals surface area contributed by atoms with Crippen molar-refractivity contribution < 1.29 is 33.0 Å². The van der Waals surface area contributed by atoms with Crippen LogP contribution in [0, 0.1) is 12.7 Å². The van der Waals surface area contributed by atoms with Crippen molar-refractivity contribution in [3.8, 4) is 0 Å². The molecule has 2 aromatic rings. The van der Waals surface area contributed by atoms with Gasteiger partial charge in [-0.1, -0.05) is 24.3 Å². The number of aryl methyl sites for hydroxylation is 1. The van der Waals surface area contributed by atoms with Gasteiger partial charge in [0.05, 0.1) is 30.2 Å². The number of rotatable bonds is 9. The molecule has 170 valence electrons. The summed E-state index contributed by atoms with van der Waals surface area (Å²) in [6.45, 7) is 3.62. The van der Waals surface area contributed by atoms with Crippen LogP contribution >= 0.6 is 11.8 Å². The lowest BCUT2D eigenvalue weighted by atomic mass is 10.1. The van der Waals surface area contributed by atoms with E-state index in [4.69, 9.17) is 14.2 Å². The molecule has 7 nitrogen and oxygen atoms in total. The lowest BCUT2D eigenvalue weighted by Crippen LogP contribution is -2.30. The van der Waals surface area contributed by atoms with Crippen LogP contribution in [-0.4, -0.2) is 50.0 Å². The molecule has 0 radical (unpaired) electrons. The molecule has 0 saturated carbocycles. The van der Waals surface area contributed by atoms with E-state index in [0.29, 0.717) is 5.69 Å². The molecule has 9 heteroatoms. The first-order valence-electron chi connectivity index (χ1n) is 10.1. The minimum absolute atomic E-state index is 0.0103. The normalized spacial score (nSPS) is 15.7. The molecular weight excluding hydrogens is 437 g/mol. The maximum absolute atomic E-state index is 13.4. The predicted octanol–water partition coefficient (Wildman–Crippen LogP) is 3.65. The van der Waals surface area contributed by atoms with Gasteiger partial charge in [-0.15, -0.1) is 11.8 Å². The molecule has 1 saturated heterocycles. The van der Waals surface area contributed by atoms with E-state index >= 15 is 0 Å². The van der Waals surface area contributed by atoms with Crippen LogP contribution in [0.1, 0.15) is 33.8 Å². The highest BCUT2D eigenvalue weighted by Crippen LogP contribution is 2.44. The number of carbonyl (C=O) groups excluding carboxylic acids is 3. The second kappa shape index (κ2) is 11.1. The number of ether oxygens (including phenoxy) is 3. The molecule has 0 N–H and O–H groups in total. The van der Waals surface area contributed by atoms with Crippen molar-refractivity contribution in [2.45, 2.75) is 19.2 Å². The number of carbonyl (C=O) groups is 3. The third-order valence-electron chi connectivity index (χ3n) is 4.72. The zero-order valence-electron chi connectivity index (χ0n) is 17.8. The number of anilines is 1. The summed E-state index contributed by atoms with van der Waals surface area (Å²) in [5.74, 6) is -1.21. The predicted molar refractivity (Wildman–Crippen MR) is 118 cm³/mol. The molecule has 3 rings (SSSR count). The van der Waals surface area contributed by atoms with Gasteiger partial charge in [-0.2, -0.15) is 0 Å². The van der Waals surface area contributed by atoms with Gasteiger partial charge < -0.3 is 14.2 Å². The number of halogens is 1. The number of benzene rings is 2. The highest BCUT2D eigenvalue weighted by atomic mass is 32.2. The maximum Gasteiger partial charge on any atom is 0.340 e. The van der Waals surface area contributed by atoms with E-state index < -0.39 is 5.97 Å². The molecule has 1 aliphatic rings. The van der Waals surface area contributed by atoms with E-state index in [-0.39, 0.29) is 60.8 Å². The highest BCUT2D eigenvalue weighted by Gasteiger charge is 2.37. The number of amides is 1. The third kappa shape index (κ3) is 5.86. The van der Waals surface area contributed by atoms with Crippen LogP contribution in [-0.2, 0) is 23.8 Å². The van der Waals surface area contributed by atoms with Crippen LogP contribution < -0.4 is 4.90 Å². The minimum atomic E-state index is -0.574. The largest absolute Gasteiger partial charge is 0.463 e. The summed E-state index contributed by atoms with van der Waals surface area (Å²) in [4.78, 5) is 37.9. The summed E-state index contributed by atoms with van der Waals surface area (Å²) < 4.78 is 28.7. The molecule has 1 unspecified atom stereocenters. The first-order chi connectivity index (χ1) is 15.4. The van der Waals surface area contributed by atoms with E-state index in [9.17, 15) is 18.8 Å². The minimum Gasteiger partial charge on any atom is -0.463 e. The second-order valence-corrected chi connectivity index (χ2v) is 8.11. The first-order valence-corrected chi connectivity index (χ1v) is 11.1. The Labute approximate surface area is 189 Å². The zero-order valence-corrected chi connectivity index (χ0v) is 18.7. The lowest BCUT2D eigenvalue weighted by molar-refractivity contribution is -0.142. The molecule has 2 aromatic carbocycles. The van der Waals surface area contributed by atoms with E-state index in [1.165, 1.54) is 30.8 Å². The smallest absolute Gasteiger partial charge is 0.340 e. The van der Waals surface area contributed by atoms with E-state index in [2.05, 4.69) is 0 Å². The molecule has 0 aliphatic carbocycles. The van der Waals surface area contributed by atoms with Crippen LogP contribution in [0.25, 0.3) is 0 Å². The van der Waals surface area contributed by atoms with Gasteiger partial charge >= 0.3 is 11.9 Å². The Balaban J connectivity index is 1.72. The van der Waals surface area contributed by atoms with Gasteiger partial charge in [0, 0.05) is 6.92 Å². The van der Waals surface area contributed by atoms with Gasteiger partial charge in [-0.05, 0) is 36.2 Å². The van der Waals surface area contributed by atoms with Crippen molar-refractivity contribution in [2.24, 2.45) is 0 Å². The van der Waals surface area contributed by atoms with Gasteiger partial charge in [0.15, 0.2) is 0 Å². The Hall–Kier alpha value is -2.91. The van der Waals surface area contributed by atoms with Gasteiger partial charge in [0.1, 0.15) is 24.4 Å². The number of thioether (sulfide) groups is 1. The van der Waals surface area contributed by atoms with Gasteiger partial charge in [-0.3, -0.25) is 14.5 Å². The fourth-order valence-corrected chi connectivity index (χ4v) is 4.46. The molecule has 1 aliphatic heterocycles. The summed E-state index contributed by atoms with van der Waals surface area (Å²) in [5.41, 5.74) is 2.27. The Bertz CT molecular complexity index is 981. The maximum atomic E-state index is 13.4. The standard InChI is InChI=1S/C23H24FNO6S/c1-15-4-3-5-19(23(28)31-13-11-29-10-12-30-16(2)26)21(15)25-20(27)14-32-22(25)17-6-8-18(24)9-7-17/h3-9,22H,10-14H2,1-2H3. The molecule has 0 aromatic heterocycles. The van der Waals surface area contributed by atoms with Crippen molar-refractivity contribution >= 4 is 35.3 Å². The molecule has 32 heavy (non-hydrogen) atoms. The molecule has 1 atom stereocenters. The summed E-state index contributed by atoms with van der Waals surface area (Å²) >= 11 is 1.42. The number of para-hydroxylation sites is 1. The third-order valence-corrected chi connectivity index (χ3v) is 5.93. The van der Waals surface area contributed by atoms with Crippen LogP contribution in [0.3, 0.4) is 0 Å². The molecule has 1 fully saturated rings. The topological polar surface area (TPSA) is 82.1 Å². The van der Waals surface area contributed by atoms with Crippen molar-refractivity contribution in [3.63, 3.8) is 0 Å². The lowest BCUT2D eigenvalue weighted by Gasteiger charge is -2.27. The SMILES string of the molecule is CC(=O)OCCOCCOC(=O)c1cccc(C)c1N1C(=O)CSC1c1ccc(F)cc1. The van der Waals surface area contributed by atoms with Crippen LogP contribution in [0.5, 0.6) is 0 Å². The number of esters is 2. The van der Waals surface area contributed by atoms with Crippen LogP contribution in [0.15, 0.2) is 42.5 Å². The number of hydrogen-bond acceptors (Lipinski definition) is 7. The molecule has 0 spiro atoms. The summed E-state index contributed by atoms with van der Waals surface area (Å²) in [6, 6.07) is 11.2. The highest BCUT2D eigenvalue weighted by molar-refractivity contribution is 8.00. The summed E-state index contributed by atoms with van der Waals surface area (Å²) in [6.07, 6.45) is 0. The second-order valence-electron chi connectivity index (χ2n) is 7.04. The van der Waals surface area contributed by atoms with E-state index in [1.807, 2.05) is 13.0 Å². The van der Waals surface area contributed by atoms with Gasteiger partial charge in [0.2, 0.25) is 5.91 Å². The molecular formula is C23H24FNO6S. The average Bonchev–Trinajstić information content (AvgIpc) is 3.14. The summed E-state index contributed by atoms with van der Waals surface area (Å²) in [5, 5.41) is -0.375. The summed E-state index contributed by atoms with van der Waals surface area (Å²) in [7, 11) is 0. The molecule has 1 amide bonds. The fraction of sp³-hybridized carbons (Fsp3) is 0.348. The zero-order chi connectivity index (χ0) is 23.1. The first kappa shape index (κ1) is 23.7. The van der Waals surface area contributed by atoms with Crippen molar-refractivity contribution in [1.29, 1.82) is 0 Å². The average molecular weight is 462 g/mol. The monoisotopic (exact) mass is 461 g/mol. The van der Waals surface area contributed by atoms with Gasteiger partial charge in [0.25, 0.3) is 0 Å². The number of hydrogen-bond donors (Lipinski definition) is 0. The van der Waals surface area contributed by atoms with Crippen LogP contribution in [0.2, 0.25) is 0 Å². The Morgan fingerprint density at radius 2 is 1.75 bits per heavy atom. The Morgan fingerprint density at radius 3 is 2.44 bits per heavy atom. The molecule has 1 heterocycles. The van der Waals surface area contributed by atoms with E-state index in [0.717, 1.165) is 11.1 Å². The molecule has 0 bridgehead atoms. The van der Waals surface area contributed by atoms with Crippen molar-refractivity contribution in [3.05, 3.63) is 65.0 Å². The Morgan fingerprint density at radius 1 is 1.06 bits per heavy atom. The number of nitrogens with zero attached hydrogens (tertiary/aromatic N) is 1. The quantitative estimate of drug-likeness (QED) is 0.416. The van der Waals surface area contributed by atoms with Crippen LogP contribution in [0.4, 0.5) is 10.1 Å². The Kier molecular flexibility index (Phi) is 8.24. The van der Waals surface area contributed by atoms with Crippen molar-refractivity contribution in [2.75, 3.05) is 37.1 Å². The van der Waals surface area contributed by atoms with E-state index in [1.54, 1.807) is 29.2 Å². The van der Waals surface area contributed by atoms with Gasteiger partial charge in [-0.25, -0.2) is 9.18 Å².